The van der Waals surface area contributed by atoms with Crippen molar-refractivity contribution in [2.45, 2.75) is 29.0 Å². The Morgan fingerprint density at radius 2 is 1.81 bits per heavy atom. The lowest BCUT2D eigenvalue weighted by molar-refractivity contribution is -0.132. The summed E-state index contributed by atoms with van der Waals surface area (Å²) in [4.78, 5) is 26.5. The van der Waals surface area contributed by atoms with Crippen molar-refractivity contribution in [2.24, 2.45) is 5.73 Å². The fourth-order valence-electron chi connectivity index (χ4n) is 3.67. The number of nitrogens with zero attached hydrogens (tertiary/aromatic N) is 4. The summed E-state index contributed by atoms with van der Waals surface area (Å²) in [5.74, 6) is -1.94. The first-order valence-electron chi connectivity index (χ1n) is 10.1. The zero-order valence-electron chi connectivity index (χ0n) is 17.0. The van der Waals surface area contributed by atoms with Gasteiger partial charge in [0.15, 0.2) is 5.69 Å². The van der Waals surface area contributed by atoms with Gasteiger partial charge in [-0.1, -0.05) is 35.5 Å². The van der Waals surface area contributed by atoms with E-state index < -0.39 is 22.8 Å². The number of thioether (sulfide) groups is 1. The predicted molar refractivity (Wildman–Crippen MR) is 115 cm³/mol. The smallest absolute Gasteiger partial charge is 0.270 e. The molecule has 0 saturated carbocycles. The molecule has 10 heteroatoms. The highest BCUT2D eigenvalue weighted by Gasteiger charge is 2.31. The van der Waals surface area contributed by atoms with E-state index in [1.54, 1.807) is 21.7 Å². The van der Waals surface area contributed by atoms with Crippen LogP contribution in [0.3, 0.4) is 0 Å². The minimum Gasteiger partial charge on any atom is -0.364 e. The molecule has 2 N–H and O–H groups in total. The molecule has 166 valence electrons. The second-order valence-corrected chi connectivity index (χ2v) is 8.63. The molecule has 0 spiro atoms. The van der Waals surface area contributed by atoms with E-state index in [0.717, 1.165) is 35.5 Å². The molecule has 1 fully saturated rings. The van der Waals surface area contributed by atoms with Crippen molar-refractivity contribution < 1.29 is 18.4 Å². The molecule has 3 aromatic rings. The number of hydrogen-bond acceptors (Lipinski definition) is 5. The molecular weight excluding hydrogens is 436 g/mol. The molecule has 0 aliphatic carbocycles. The van der Waals surface area contributed by atoms with Crippen LogP contribution in [-0.4, -0.2) is 44.8 Å². The number of rotatable bonds is 6. The first-order chi connectivity index (χ1) is 15.4. The van der Waals surface area contributed by atoms with E-state index in [-0.39, 0.29) is 22.5 Å². The third kappa shape index (κ3) is 4.80. The molecule has 2 heterocycles. The van der Waals surface area contributed by atoms with Crippen LogP contribution in [0.2, 0.25) is 0 Å². The van der Waals surface area contributed by atoms with Gasteiger partial charge in [-0.2, -0.15) is 0 Å². The van der Waals surface area contributed by atoms with Gasteiger partial charge in [-0.05, 0) is 36.6 Å². The Kier molecular flexibility index (Phi) is 6.50. The lowest BCUT2D eigenvalue weighted by Crippen LogP contribution is -2.41. The van der Waals surface area contributed by atoms with Gasteiger partial charge in [0.25, 0.3) is 5.91 Å². The lowest BCUT2D eigenvalue weighted by atomic mass is 10.0. The standard InChI is InChI=1S/C22H21F2N5O2S/c23-15-6-7-17(24)19(12-15)32-20(14-4-2-1-3-5-14)22(31)28-10-8-16(9-11-28)29-13-18(21(25)30)26-27-29/h1-7,12-13,16,20H,8-11H2,(H2,25,30). The molecule has 1 unspecified atom stereocenters. The summed E-state index contributed by atoms with van der Waals surface area (Å²) in [5, 5.41) is 7.02. The van der Waals surface area contributed by atoms with Gasteiger partial charge in [0.05, 0.1) is 12.2 Å². The summed E-state index contributed by atoms with van der Waals surface area (Å²) in [6, 6.07) is 12.3. The highest BCUT2D eigenvalue weighted by Crippen LogP contribution is 2.39. The van der Waals surface area contributed by atoms with E-state index in [9.17, 15) is 18.4 Å². The Bertz CT molecular complexity index is 1120. The van der Waals surface area contributed by atoms with Crippen molar-refractivity contribution in [1.82, 2.24) is 19.9 Å². The van der Waals surface area contributed by atoms with Crippen LogP contribution in [0.5, 0.6) is 0 Å². The molecule has 32 heavy (non-hydrogen) atoms. The third-order valence-corrected chi connectivity index (χ3v) is 6.65. The number of aromatic nitrogens is 3. The second-order valence-electron chi connectivity index (χ2n) is 7.49. The molecular formula is C22H21F2N5O2S. The normalized spacial score (nSPS) is 15.5. The van der Waals surface area contributed by atoms with Crippen molar-refractivity contribution in [2.75, 3.05) is 13.1 Å². The molecule has 1 saturated heterocycles. The zero-order chi connectivity index (χ0) is 22.7. The van der Waals surface area contributed by atoms with Gasteiger partial charge in [0.1, 0.15) is 16.9 Å². The number of carbonyl (C=O) groups excluding carboxylic acids is 2. The molecule has 1 atom stereocenters. The summed E-state index contributed by atoms with van der Waals surface area (Å²) in [5.41, 5.74) is 6.05. The highest BCUT2D eigenvalue weighted by molar-refractivity contribution is 8.00. The molecule has 0 radical (unpaired) electrons. The third-order valence-electron chi connectivity index (χ3n) is 5.38. The van der Waals surface area contributed by atoms with Crippen LogP contribution in [-0.2, 0) is 4.79 Å². The monoisotopic (exact) mass is 457 g/mol. The topological polar surface area (TPSA) is 94.1 Å². The van der Waals surface area contributed by atoms with Crippen LogP contribution >= 0.6 is 11.8 Å². The molecule has 0 bridgehead atoms. The lowest BCUT2D eigenvalue weighted by Gasteiger charge is -2.34. The van der Waals surface area contributed by atoms with Crippen LogP contribution in [0.4, 0.5) is 8.78 Å². The minimum atomic E-state index is -0.711. The van der Waals surface area contributed by atoms with Gasteiger partial charge in [-0.25, -0.2) is 13.5 Å². The summed E-state index contributed by atoms with van der Waals surface area (Å²) in [6.07, 6.45) is 2.75. The van der Waals surface area contributed by atoms with Crippen LogP contribution < -0.4 is 5.73 Å². The molecule has 1 aromatic heterocycles. The number of amides is 2. The Labute approximate surface area is 187 Å². The largest absolute Gasteiger partial charge is 0.364 e. The van der Waals surface area contributed by atoms with Crippen LogP contribution in [0.1, 0.15) is 40.2 Å². The average molecular weight is 458 g/mol. The van der Waals surface area contributed by atoms with Crippen molar-refractivity contribution in [1.29, 1.82) is 0 Å². The van der Waals surface area contributed by atoms with Gasteiger partial charge >= 0.3 is 0 Å². The Morgan fingerprint density at radius 1 is 1.09 bits per heavy atom. The first kappa shape index (κ1) is 21.9. The van der Waals surface area contributed by atoms with E-state index in [4.69, 9.17) is 5.73 Å². The van der Waals surface area contributed by atoms with E-state index in [1.807, 2.05) is 18.2 Å². The number of likely N-dealkylation sites (tertiary alicyclic amines) is 1. The maximum atomic E-state index is 14.3. The van der Waals surface area contributed by atoms with E-state index in [2.05, 4.69) is 10.3 Å². The zero-order valence-corrected chi connectivity index (χ0v) is 17.8. The molecule has 1 aliphatic rings. The summed E-state index contributed by atoms with van der Waals surface area (Å²) >= 11 is 1.00. The SMILES string of the molecule is NC(=O)c1cn(C2CCN(C(=O)C(Sc3cc(F)ccc3F)c3ccccc3)CC2)nn1. The average Bonchev–Trinajstić information content (AvgIpc) is 3.31. The maximum absolute atomic E-state index is 14.3. The van der Waals surface area contributed by atoms with E-state index in [1.165, 1.54) is 6.20 Å². The fraction of sp³-hybridized carbons (Fsp3) is 0.273. The molecule has 4 rings (SSSR count). The van der Waals surface area contributed by atoms with Gasteiger partial charge in [-0.3, -0.25) is 9.59 Å². The van der Waals surface area contributed by atoms with Crippen LogP contribution in [0.25, 0.3) is 0 Å². The quantitative estimate of drug-likeness (QED) is 0.573. The molecule has 1 aliphatic heterocycles. The number of halogens is 2. The Hall–Kier alpha value is -3.27. The second kappa shape index (κ2) is 9.47. The van der Waals surface area contributed by atoms with Gasteiger partial charge in [-0.15, -0.1) is 16.9 Å². The Morgan fingerprint density at radius 3 is 2.47 bits per heavy atom. The van der Waals surface area contributed by atoms with Gasteiger partial charge in [0.2, 0.25) is 5.91 Å². The number of nitrogens with two attached hydrogens (primary N) is 1. The molecule has 2 amide bonds. The van der Waals surface area contributed by atoms with Crippen molar-refractivity contribution in [3.8, 4) is 0 Å². The number of benzene rings is 2. The van der Waals surface area contributed by atoms with E-state index in [0.29, 0.717) is 25.9 Å². The molecule has 2 aromatic carbocycles. The summed E-state index contributed by atoms with van der Waals surface area (Å²) in [7, 11) is 0. The van der Waals surface area contributed by atoms with Crippen LogP contribution in [0.15, 0.2) is 59.6 Å². The van der Waals surface area contributed by atoms with Gasteiger partial charge in [0, 0.05) is 18.0 Å². The van der Waals surface area contributed by atoms with E-state index >= 15 is 0 Å². The predicted octanol–water partition coefficient (Wildman–Crippen LogP) is 3.35. The van der Waals surface area contributed by atoms with Crippen LogP contribution in [0, 0.1) is 11.6 Å². The maximum Gasteiger partial charge on any atom is 0.270 e. The van der Waals surface area contributed by atoms with Crippen molar-refractivity contribution >= 4 is 23.6 Å². The Balaban J connectivity index is 1.50. The summed E-state index contributed by atoms with van der Waals surface area (Å²) < 4.78 is 29.6. The fourth-order valence-corrected chi connectivity index (χ4v) is 4.83. The molecule has 7 nitrogen and oxygen atoms in total. The van der Waals surface area contributed by atoms with Gasteiger partial charge < -0.3 is 10.6 Å². The highest BCUT2D eigenvalue weighted by atomic mass is 32.2. The number of hydrogen-bond donors (Lipinski definition) is 1. The first-order valence-corrected chi connectivity index (χ1v) is 11.0. The minimum absolute atomic E-state index is 0.0110. The van der Waals surface area contributed by atoms with Crippen molar-refractivity contribution in [3.05, 3.63) is 77.6 Å². The summed E-state index contributed by atoms with van der Waals surface area (Å²) in [6.45, 7) is 0.926. The number of piperidine rings is 1. The number of primary amides is 1. The number of carbonyl (C=O) groups is 2. The van der Waals surface area contributed by atoms with Crippen molar-refractivity contribution in [3.63, 3.8) is 0 Å².